The van der Waals surface area contributed by atoms with Crippen LogP contribution in [0.1, 0.15) is 36.8 Å². The largest absolute Gasteiger partial charge is 0.431 e. The predicted octanol–water partition coefficient (Wildman–Crippen LogP) is 1.76. The van der Waals surface area contributed by atoms with Crippen LogP contribution in [-0.2, 0) is 11.0 Å². The fourth-order valence-corrected chi connectivity index (χ4v) is 2.18. The van der Waals surface area contributed by atoms with Crippen LogP contribution in [0.25, 0.3) is 0 Å². The Hall–Kier alpha value is -3.43. The number of hydrogen-bond acceptors (Lipinski definition) is 5. The minimum Gasteiger partial charge on any atom is -0.324 e. The molecular formula is C15H7F3N2O5. The normalized spacial score (nSPS) is 13.8. The summed E-state index contributed by atoms with van der Waals surface area (Å²) < 4.78 is 37.5. The molecule has 2 amide bonds. The lowest BCUT2D eigenvalue weighted by Crippen LogP contribution is -2.34. The number of aromatic amines is 1. The van der Waals surface area contributed by atoms with Gasteiger partial charge < -0.3 is 9.82 Å². The molecule has 0 spiro atoms. The molecule has 0 saturated carbocycles. The van der Waals surface area contributed by atoms with Gasteiger partial charge in [0.15, 0.2) is 0 Å². The van der Waals surface area contributed by atoms with Crippen molar-refractivity contribution >= 4 is 17.8 Å². The number of aromatic nitrogens is 1. The van der Waals surface area contributed by atoms with Crippen LogP contribution >= 0.6 is 0 Å². The molecule has 128 valence electrons. The fourth-order valence-electron chi connectivity index (χ4n) is 2.18. The summed E-state index contributed by atoms with van der Waals surface area (Å²) in [6.07, 6.45) is -4.80. The Labute approximate surface area is 136 Å². The second-order valence-corrected chi connectivity index (χ2v) is 4.94. The number of fused-ring (bicyclic) bond motifs is 1. The number of hydrogen-bond donors (Lipinski definition) is 1. The second-order valence-electron chi connectivity index (χ2n) is 4.94. The van der Waals surface area contributed by atoms with Gasteiger partial charge in [0.05, 0.1) is 11.1 Å². The number of rotatable bonds is 2. The van der Waals surface area contributed by atoms with Crippen LogP contribution in [-0.4, -0.2) is 27.8 Å². The van der Waals surface area contributed by atoms with Crippen molar-refractivity contribution in [3.8, 4) is 0 Å². The summed E-state index contributed by atoms with van der Waals surface area (Å²) in [6.45, 7) is 0. The topological polar surface area (TPSA) is 96.5 Å². The van der Waals surface area contributed by atoms with Crippen molar-refractivity contribution in [3.63, 3.8) is 0 Å². The van der Waals surface area contributed by atoms with E-state index in [9.17, 15) is 32.3 Å². The van der Waals surface area contributed by atoms with E-state index in [0.29, 0.717) is 12.1 Å². The fraction of sp³-hybridized carbons (Fsp3) is 0.0667. The maximum absolute atomic E-state index is 12.5. The van der Waals surface area contributed by atoms with Crippen LogP contribution in [0.5, 0.6) is 0 Å². The van der Waals surface area contributed by atoms with E-state index in [-0.39, 0.29) is 16.2 Å². The second kappa shape index (κ2) is 5.58. The van der Waals surface area contributed by atoms with E-state index < -0.39 is 40.8 Å². The van der Waals surface area contributed by atoms with Gasteiger partial charge >= 0.3 is 12.1 Å². The summed E-state index contributed by atoms with van der Waals surface area (Å²) in [4.78, 5) is 53.8. The number of nitrogens with zero attached hydrogens (tertiary/aromatic N) is 1. The van der Waals surface area contributed by atoms with Gasteiger partial charge in [-0.05, 0) is 24.3 Å². The summed E-state index contributed by atoms with van der Waals surface area (Å²) in [6, 6.07) is 6.75. The summed E-state index contributed by atoms with van der Waals surface area (Å²) in [5, 5.41) is 0.157. The maximum Gasteiger partial charge on any atom is 0.431 e. The van der Waals surface area contributed by atoms with Crippen LogP contribution < -0.4 is 5.56 Å². The monoisotopic (exact) mass is 352 g/mol. The molecule has 0 radical (unpaired) electrons. The smallest absolute Gasteiger partial charge is 0.324 e. The summed E-state index contributed by atoms with van der Waals surface area (Å²) in [5.41, 5.74) is -3.50. The summed E-state index contributed by atoms with van der Waals surface area (Å²) >= 11 is 0. The minimum absolute atomic E-state index is 0.00151. The molecule has 0 unspecified atom stereocenters. The maximum atomic E-state index is 12.5. The third-order valence-electron chi connectivity index (χ3n) is 3.37. The Bertz CT molecular complexity index is 929. The Morgan fingerprint density at radius 3 is 2.00 bits per heavy atom. The molecule has 2 aromatic rings. The SMILES string of the molecule is O=C(ON1C(=O)c2ccccc2C1=O)c1ccc(C(F)(F)F)[nH]c1=O. The lowest BCUT2D eigenvalue weighted by Gasteiger charge is -2.12. The van der Waals surface area contributed by atoms with Gasteiger partial charge in [-0.3, -0.25) is 14.4 Å². The molecule has 1 aromatic carbocycles. The summed E-state index contributed by atoms with van der Waals surface area (Å²) in [7, 11) is 0. The number of halogens is 3. The van der Waals surface area contributed by atoms with Gasteiger partial charge in [-0.25, -0.2) is 4.79 Å². The van der Waals surface area contributed by atoms with Gasteiger partial charge in [-0.1, -0.05) is 17.2 Å². The van der Waals surface area contributed by atoms with Crippen LogP contribution in [0.15, 0.2) is 41.2 Å². The third kappa shape index (κ3) is 2.77. The van der Waals surface area contributed by atoms with Gasteiger partial charge in [0.1, 0.15) is 11.3 Å². The number of hydroxylamine groups is 2. The first-order valence-electron chi connectivity index (χ1n) is 6.71. The Morgan fingerprint density at radius 2 is 1.52 bits per heavy atom. The van der Waals surface area contributed by atoms with Crippen molar-refractivity contribution in [2.24, 2.45) is 0 Å². The molecule has 1 aromatic heterocycles. The van der Waals surface area contributed by atoms with E-state index in [1.54, 1.807) is 0 Å². The van der Waals surface area contributed by atoms with Crippen LogP contribution in [0.2, 0.25) is 0 Å². The van der Waals surface area contributed by atoms with Crippen LogP contribution in [0.4, 0.5) is 13.2 Å². The highest BCUT2D eigenvalue weighted by Crippen LogP contribution is 2.27. The number of nitrogens with one attached hydrogen (secondary N) is 1. The highest BCUT2D eigenvalue weighted by molar-refractivity contribution is 6.21. The van der Waals surface area contributed by atoms with E-state index in [0.717, 1.165) is 0 Å². The van der Waals surface area contributed by atoms with E-state index in [1.165, 1.54) is 29.2 Å². The van der Waals surface area contributed by atoms with Gasteiger partial charge in [-0.15, -0.1) is 0 Å². The number of pyridine rings is 1. The molecule has 0 fully saturated rings. The van der Waals surface area contributed by atoms with Crippen molar-refractivity contribution in [3.05, 3.63) is 69.1 Å². The van der Waals surface area contributed by atoms with E-state index in [1.807, 2.05) is 0 Å². The lowest BCUT2D eigenvalue weighted by atomic mass is 10.1. The Balaban J connectivity index is 1.86. The van der Waals surface area contributed by atoms with Crippen molar-refractivity contribution in [2.75, 3.05) is 0 Å². The molecule has 10 heteroatoms. The number of amides is 2. The minimum atomic E-state index is -4.80. The van der Waals surface area contributed by atoms with Crippen LogP contribution in [0.3, 0.4) is 0 Å². The molecular weight excluding hydrogens is 345 g/mol. The number of benzene rings is 1. The lowest BCUT2D eigenvalue weighted by molar-refractivity contribution is -0.141. The average Bonchev–Trinajstić information content (AvgIpc) is 2.79. The molecule has 1 N–H and O–H groups in total. The van der Waals surface area contributed by atoms with Gasteiger partial charge in [-0.2, -0.15) is 13.2 Å². The first-order chi connectivity index (χ1) is 11.7. The highest BCUT2D eigenvalue weighted by atomic mass is 19.4. The number of imide groups is 1. The Kier molecular flexibility index (Phi) is 3.67. The third-order valence-corrected chi connectivity index (χ3v) is 3.37. The molecule has 0 atom stereocenters. The average molecular weight is 352 g/mol. The van der Waals surface area contributed by atoms with Gasteiger partial charge in [0.2, 0.25) is 0 Å². The zero-order valence-corrected chi connectivity index (χ0v) is 12.1. The first kappa shape index (κ1) is 16.4. The molecule has 0 aliphatic carbocycles. The highest BCUT2D eigenvalue weighted by Gasteiger charge is 2.39. The molecule has 1 aliphatic rings. The van der Waals surface area contributed by atoms with E-state index >= 15 is 0 Å². The molecule has 0 bridgehead atoms. The van der Waals surface area contributed by atoms with Crippen molar-refractivity contribution in [1.29, 1.82) is 0 Å². The Morgan fingerprint density at radius 1 is 0.960 bits per heavy atom. The first-order valence-corrected chi connectivity index (χ1v) is 6.71. The van der Waals surface area contributed by atoms with Crippen LogP contribution in [0, 0.1) is 0 Å². The van der Waals surface area contributed by atoms with Gasteiger partial charge in [0.25, 0.3) is 17.4 Å². The number of H-pyrrole nitrogens is 1. The number of carbonyl (C=O) groups excluding carboxylic acids is 3. The van der Waals surface area contributed by atoms with Crippen molar-refractivity contribution in [1.82, 2.24) is 10.0 Å². The molecule has 3 rings (SSSR count). The number of alkyl halides is 3. The standard InChI is InChI=1S/C15H7F3N2O5/c16-15(17,18)10-6-5-9(11(21)19-10)14(24)25-20-12(22)7-3-1-2-4-8(7)13(20)23/h1-6H,(H,19,21). The number of carbonyl (C=O) groups is 3. The van der Waals surface area contributed by atoms with E-state index in [4.69, 9.17) is 0 Å². The molecule has 1 aliphatic heterocycles. The van der Waals surface area contributed by atoms with Gasteiger partial charge in [0, 0.05) is 0 Å². The molecule has 2 heterocycles. The molecule has 25 heavy (non-hydrogen) atoms. The molecule has 0 saturated heterocycles. The predicted molar refractivity (Wildman–Crippen MR) is 74.4 cm³/mol. The zero-order valence-electron chi connectivity index (χ0n) is 12.1. The van der Waals surface area contributed by atoms with E-state index in [2.05, 4.69) is 4.84 Å². The zero-order chi connectivity index (χ0) is 18.4. The van der Waals surface area contributed by atoms with Crippen molar-refractivity contribution in [2.45, 2.75) is 6.18 Å². The molecule has 7 nitrogen and oxygen atoms in total. The van der Waals surface area contributed by atoms with Crippen molar-refractivity contribution < 1.29 is 32.4 Å². The quantitative estimate of drug-likeness (QED) is 0.831. The summed E-state index contributed by atoms with van der Waals surface area (Å²) in [5.74, 6) is -3.28.